The van der Waals surface area contributed by atoms with Crippen LogP contribution in [0.4, 0.5) is 5.69 Å². The van der Waals surface area contributed by atoms with E-state index in [1.807, 2.05) is 12.1 Å². The number of ether oxygens (including phenoxy) is 1. The first-order valence-corrected chi connectivity index (χ1v) is 9.88. The van der Waals surface area contributed by atoms with Crippen molar-refractivity contribution in [1.29, 1.82) is 0 Å². The number of carbonyl (C=O) groups is 1. The lowest BCUT2D eigenvalue weighted by atomic mass is 9.97. The number of rotatable bonds is 5. The third-order valence-corrected chi connectivity index (χ3v) is 4.80. The molecule has 1 saturated heterocycles. The fourth-order valence-corrected chi connectivity index (χ4v) is 3.50. The van der Waals surface area contributed by atoms with Crippen LogP contribution in [0.1, 0.15) is 23.2 Å². The lowest BCUT2D eigenvalue weighted by Crippen LogP contribution is -2.38. The average molecular weight is 406 g/mol. The molecule has 1 aromatic carbocycles. The van der Waals surface area contributed by atoms with Gasteiger partial charge in [0.2, 0.25) is 0 Å². The molecule has 0 bridgehead atoms. The van der Waals surface area contributed by atoms with Gasteiger partial charge in [-0.05, 0) is 31.0 Å². The first-order valence-electron chi connectivity index (χ1n) is 7.27. The number of halogens is 1. The summed E-state index contributed by atoms with van der Waals surface area (Å²) < 4.78 is 32.9. The number of methoxy groups -OCH3 is 1. The van der Waals surface area contributed by atoms with Crippen molar-refractivity contribution in [2.24, 2.45) is 5.92 Å². The molecule has 6 nitrogen and oxygen atoms in total. The van der Waals surface area contributed by atoms with Gasteiger partial charge in [0.1, 0.15) is 0 Å². The summed E-state index contributed by atoms with van der Waals surface area (Å²) in [5.74, 6) is -0.288. The Morgan fingerprint density at radius 2 is 2.17 bits per heavy atom. The minimum atomic E-state index is -3.44. The second kappa shape index (κ2) is 7.63. The third kappa shape index (κ3) is 5.19. The molecule has 128 valence electrons. The lowest BCUT2D eigenvalue weighted by molar-refractivity contribution is 0.0601. The SMILES string of the molecule is COC(=O)c1cc(Br)ccc1N1CCC[C@H](COS(C)(=O)=O)C1. The predicted molar refractivity (Wildman–Crippen MR) is 91.2 cm³/mol. The molecule has 1 aliphatic rings. The van der Waals surface area contributed by atoms with E-state index >= 15 is 0 Å². The van der Waals surface area contributed by atoms with Crippen LogP contribution in [0, 0.1) is 5.92 Å². The molecule has 0 N–H and O–H groups in total. The molecule has 0 unspecified atom stereocenters. The molecular formula is C15H20BrNO5S. The number of esters is 1. The van der Waals surface area contributed by atoms with Crippen LogP contribution in [0.3, 0.4) is 0 Å². The first kappa shape index (κ1) is 18.2. The van der Waals surface area contributed by atoms with Crippen molar-refractivity contribution in [3.63, 3.8) is 0 Å². The van der Waals surface area contributed by atoms with E-state index in [0.29, 0.717) is 12.1 Å². The Labute approximate surface area is 145 Å². The van der Waals surface area contributed by atoms with Gasteiger partial charge in [0.25, 0.3) is 10.1 Å². The Balaban J connectivity index is 2.16. The number of benzene rings is 1. The Morgan fingerprint density at radius 1 is 1.43 bits per heavy atom. The smallest absolute Gasteiger partial charge is 0.340 e. The number of anilines is 1. The van der Waals surface area contributed by atoms with Crippen molar-refractivity contribution < 1.29 is 22.1 Å². The van der Waals surface area contributed by atoms with E-state index in [-0.39, 0.29) is 12.5 Å². The summed E-state index contributed by atoms with van der Waals surface area (Å²) in [4.78, 5) is 14.1. The molecule has 0 aromatic heterocycles. The van der Waals surface area contributed by atoms with Crippen molar-refractivity contribution >= 4 is 37.7 Å². The van der Waals surface area contributed by atoms with E-state index in [4.69, 9.17) is 8.92 Å². The molecule has 1 aliphatic heterocycles. The molecule has 2 rings (SSSR count). The van der Waals surface area contributed by atoms with Crippen molar-refractivity contribution in [2.45, 2.75) is 12.8 Å². The molecule has 1 aromatic rings. The predicted octanol–water partition coefficient (Wildman–Crippen LogP) is 2.43. The highest BCUT2D eigenvalue weighted by molar-refractivity contribution is 9.10. The van der Waals surface area contributed by atoms with Crippen LogP contribution in [0.25, 0.3) is 0 Å². The third-order valence-electron chi connectivity index (χ3n) is 3.74. The summed E-state index contributed by atoms with van der Waals surface area (Å²) in [7, 11) is -2.08. The summed E-state index contributed by atoms with van der Waals surface area (Å²) in [5.41, 5.74) is 1.29. The fourth-order valence-electron chi connectivity index (χ4n) is 2.70. The van der Waals surface area contributed by atoms with Gasteiger partial charge in [-0.1, -0.05) is 15.9 Å². The minimum Gasteiger partial charge on any atom is -0.465 e. The summed E-state index contributed by atoms with van der Waals surface area (Å²) >= 11 is 3.36. The van der Waals surface area contributed by atoms with Crippen LogP contribution >= 0.6 is 15.9 Å². The highest BCUT2D eigenvalue weighted by Gasteiger charge is 2.25. The fraction of sp³-hybridized carbons (Fsp3) is 0.533. The van der Waals surface area contributed by atoms with Gasteiger partial charge in [0.05, 0.1) is 31.2 Å². The first-order chi connectivity index (χ1) is 10.8. The summed E-state index contributed by atoms with van der Waals surface area (Å²) in [5, 5.41) is 0. The van der Waals surface area contributed by atoms with E-state index in [1.165, 1.54) is 7.11 Å². The van der Waals surface area contributed by atoms with Crippen molar-refractivity contribution in [3.05, 3.63) is 28.2 Å². The largest absolute Gasteiger partial charge is 0.465 e. The number of hydrogen-bond acceptors (Lipinski definition) is 6. The van der Waals surface area contributed by atoms with Gasteiger partial charge >= 0.3 is 5.97 Å². The quantitative estimate of drug-likeness (QED) is 0.553. The number of nitrogens with zero attached hydrogens (tertiary/aromatic N) is 1. The zero-order valence-electron chi connectivity index (χ0n) is 13.1. The van der Waals surface area contributed by atoms with E-state index in [9.17, 15) is 13.2 Å². The highest BCUT2D eigenvalue weighted by atomic mass is 79.9. The second-order valence-corrected chi connectivity index (χ2v) is 8.16. The maximum Gasteiger partial charge on any atom is 0.340 e. The molecule has 8 heteroatoms. The zero-order chi connectivity index (χ0) is 17.0. The Hall–Kier alpha value is -1.12. The van der Waals surface area contributed by atoms with Gasteiger partial charge < -0.3 is 9.64 Å². The summed E-state index contributed by atoms with van der Waals surface area (Å²) in [6.07, 6.45) is 2.86. The van der Waals surface area contributed by atoms with E-state index in [1.54, 1.807) is 6.07 Å². The van der Waals surface area contributed by atoms with Crippen LogP contribution in [0.5, 0.6) is 0 Å². The maximum absolute atomic E-state index is 12.0. The summed E-state index contributed by atoms with van der Waals surface area (Å²) in [6.45, 7) is 1.61. The van der Waals surface area contributed by atoms with Gasteiger partial charge in [-0.25, -0.2) is 4.79 Å². The Kier molecular flexibility index (Phi) is 6.05. The molecule has 0 spiro atoms. The van der Waals surface area contributed by atoms with Crippen molar-refractivity contribution in [3.8, 4) is 0 Å². The summed E-state index contributed by atoms with van der Waals surface area (Å²) in [6, 6.07) is 5.48. The van der Waals surface area contributed by atoms with E-state index in [2.05, 4.69) is 20.8 Å². The van der Waals surface area contributed by atoms with E-state index in [0.717, 1.165) is 35.8 Å². The number of carbonyl (C=O) groups excluding carboxylic acids is 1. The maximum atomic E-state index is 12.0. The molecule has 1 heterocycles. The van der Waals surface area contributed by atoms with Crippen molar-refractivity contribution in [2.75, 3.05) is 38.0 Å². The standard InChI is InChI=1S/C15H20BrNO5S/c1-21-15(18)13-8-12(16)5-6-14(13)17-7-3-4-11(9-17)10-22-23(2,19)20/h5-6,8,11H,3-4,7,9-10H2,1-2H3/t11-/m0/s1. The minimum absolute atomic E-state index is 0.104. The molecule has 0 radical (unpaired) electrons. The molecule has 1 fully saturated rings. The van der Waals surface area contributed by atoms with Crippen LogP contribution < -0.4 is 4.90 Å². The van der Waals surface area contributed by atoms with Gasteiger partial charge in [-0.2, -0.15) is 8.42 Å². The van der Waals surface area contributed by atoms with Crippen LogP contribution in [-0.4, -0.2) is 47.4 Å². The number of hydrogen-bond donors (Lipinski definition) is 0. The van der Waals surface area contributed by atoms with Gasteiger partial charge in [0.15, 0.2) is 0 Å². The normalized spacial score (nSPS) is 18.7. The van der Waals surface area contributed by atoms with E-state index < -0.39 is 16.1 Å². The van der Waals surface area contributed by atoms with Gasteiger partial charge in [0, 0.05) is 23.5 Å². The Morgan fingerprint density at radius 3 is 2.83 bits per heavy atom. The lowest BCUT2D eigenvalue weighted by Gasteiger charge is -2.35. The van der Waals surface area contributed by atoms with Crippen LogP contribution in [0.15, 0.2) is 22.7 Å². The average Bonchev–Trinajstić information content (AvgIpc) is 2.51. The molecule has 0 aliphatic carbocycles. The zero-order valence-corrected chi connectivity index (χ0v) is 15.5. The molecule has 0 saturated carbocycles. The topological polar surface area (TPSA) is 72.9 Å². The highest BCUT2D eigenvalue weighted by Crippen LogP contribution is 2.29. The second-order valence-electron chi connectivity index (χ2n) is 5.60. The molecule has 23 heavy (non-hydrogen) atoms. The van der Waals surface area contributed by atoms with Crippen LogP contribution in [-0.2, 0) is 19.0 Å². The monoisotopic (exact) mass is 405 g/mol. The van der Waals surface area contributed by atoms with Crippen LogP contribution in [0.2, 0.25) is 0 Å². The Bertz CT molecular complexity index is 676. The van der Waals surface area contributed by atoms with Crippen molar-refractivity contribution in [1.82, 2.24) is 0 Å². The number of piperidine rings is 1. The molecule has 1 atom stereocenters. The van der Waals surface area contributed by atoms with Gasteiger partial charge in [-0.3, -0.25) is 4.18 Å². The van der Waals surface area contributed by atoms with Gasteiger partial charge in [-0.15, -0.1) is 0 Å². The molecular weight excluding hydrogens is 386 g/mol. The molecule has 0 amide bonds.